The van der Waals surface area contributed by atoms with Gasteiger partial charge in [-0.3, -0.25) is 14.4 Å². The first-order valence-electron chi connectivity index (χ1n) is 35.0. The molecule has 0 aliphatic rings. The highest BCUT2D eigenvalue weighted by Gasteiger charge is 2.19. The maximum atomic E-state index is 12.9. The summed E-state index contributed by atoms with van der Waals surface area (Å²) >= 11 is 0. The summed E-state index contributed by atoms with van der Waals surface area (Å²) in [5, 5.41) is 0. The second-order valence-corrected chi connectivity index (χ2v) is 23.0. The van der Waals surface area contributed by atoms with Crippen molar-refractivity contribution in [1.82, 2.24) is 0 Å². The Kier molecular flexibility index (Phi) is 66.7. The molecule has 6 heteroatoms. The average molecular weight is 1150 g/mol. The number of carbonyl (C=O) groups excluding carboxylic acids is 3. The molecule has 0 spiro atoms. The zero-order valence-corrected chi connectivity index (χ0v) is 54.4. The van der Waals surface area contributed by atoms with E-state index in [1.165, 1.54) is 161 Å². The van der Waals surface area contributed by atoms with Crippen LogP contribution in [0, 0.1) is 0 Å². The van der Waals surface area contributed by atoms with Crippen molar-refractivity contribution >= 4 is 17.9 Å². The Morgan fingerprint density at radius 1 is 0.253 bits per heavy atom. The van der Waals surface area contributed by atoms with Crippen LogP contribution in [0.25, 0.3) is 0 Å². The normalized spacial score (nSPS) is 12.9. The van der Waals surface area contributed by atoms with Gasteiger partial charge in [-0.25, -0.2) is 0 Å². The van der Waals surface area contributed by atoms with E-state index in [1.807, 2.05) is 0 Å². The molecule has 0 heterocycles. The first-order chi connectivity index (χ1) is 41.0. The minimum absolute atomic E-state index is 0.0875. The van der Waals surface area contributed by atoms with Crippen LogP contribution in [-0.4, -0.2) is 37.2 Å². The average Bonchev–Trinajstić information content (AvgIpc) is 3.49. The van der Waals surface area contributed by atoms with Crippen molar-refractivity contribution in [3.8, 4) is 0 Å². The fourth-order valence-corrected chi connectivity index (χ4v) is 9.79. The fourth-order valence-electron chi connectivity index (χ4n) is 9.79. The quantitative estimate of drug-likeness (QED) is 0.0261. The van der Waals surface area contributed by atoms with E-state index in [2.05, 4.69) is 142 Å². The zero-order chi connectivity index (χ0) is 59.9. The first kappa shape index (κ1) is 78.8. The van der Waals surface area contributed by atoms with Crippen LogP contribution in [0.2, 0.25) is 0 Å². The summed E-state index contributed by atoms with van der Waals surface area (Å²) in [4.78, 5) is 38.4. The van der Waals surface area contributed by atoms with Crippen LogP contribution >= 0.6 is 0 Å². The summed E-state index contributed by atoms with van der Waals surface area (Å²) in [6.07, 6.45) is 98.0. The number of allylic oxidation sites excluding steroid dienone is 20. The number of carbonyl (C=O) groups is 3. The molecule has 6 nitrogen and oxygen atoms in total. The molecule has 0 rings (SSSR count). The molecule has 0 aromatic carbocycles. The molecule has 83 heavy (non-hydrogen) atoms. The Morgan fingerprint density at radius 3 is 0.747 bits per heavy atom. The smallest absolute Gasteiger partial charge is 0.306 e. The molecule has 0 fully saturated rings. The fraction of sp³-hybridized carbons (Fsp3) is 0.701. The maximum Gasteiger partial charge on any atom is 0.306 e. The van der Waals surface area contributed by atoms with Gasteiger partial charge in [0.25, 0.3) is 0 Å². The molecule has 0 amide bonds. The number of hydrogen-bond donors (Lipinski definition) is 0. The molecular weight excluding hydrogens is 1020 g/mol. The molecule has 0 aliphatic heterocycles. The van der Waals surface area contributed by atoms with E-state index in [-0.39, 0.29) is 31.1 Å². The van der Waals surface area contributed by atoms with Gasteiger partial charge in [-0.1, -0.05) is 322 Å². The Hall–Kier alpha value is -4.19. The van der Waals surface area contributed by atoms with Crippen LogP contribution in [-0.2, 0) is 28.6 Å². The van der Waals surface area contributed by atoms with Crippen LogP contribution in [0.1, 0.15) is 329 Å². The van der Waals surface area contributed by atoms with E-state index in [1.54, 1.807) is 0 Å². The van der Waals surface area contributed by atoms with Gasteiger partial charge >= 0.3 is 17.9 Å². The van der Waals surface area contributed by atoms with Gasteiger partial charge < -0.3 is 14.2 Å². The zero-order valence-electron chi connectivity index (χ0n) is 54.4. The third-order valence-electron chi connectivity index (χ3n) is 15.0. The predicted octanol–water partition coefficient (Wildman–Crippen LogP) is 24.3. The summed E-state index contributed by atoms with van der Waals surface area (Å²) < 4.78 is 16.9. The van der Waals surface area contributed by atoms with Crippen molar-refractivity contribution in [2.24, 2.45) is 0 Å². The topological polar surface area (TPSA) is 78.9 Å². The number of rotatable bonds is 63. The standard InChI is InChI=1S/C77H130O6/c1-4-7-10-13-16-19-22-25-27-29-31-32-33-34-35-36-37-38-39-40-41-42-43-44-46-47-49-52-55-58-61-64-67-70-76(79)82-73-74(72-81-75(78)69-66-63-60-57-54-51-24-21-18-15-12-9-6-3)83-77(80)71-68-65-62-59-56-53-50-48-45-30-28-26-23-20-17-14-11-8-5-2/h7,9-10,12,16,18-19,21,25,27,31-32,34-35,37-38,40-41,51,54,74H,4-6,8,11,13-15,17,20,22-24,26,28-30,33,36,39,42-50,52-53,55-73H2,1-3H3/b10-7-,12-9-,19-16-,21-18-,27-25-,32-31-,35-34-,38-37-,41-40-,54-51-. The van der Waals surface area contributed by atoms with Gasteiger partial charge in [0.15, 0.2) is 6.10 Å². The van der Waals surface area contributed by atoms with Gasteiger partial charge in [-0.15, -0.1) is 0 Å². The summed E-state index contributed by atoms with van der Waals surface area (Å²) in [5.41, 5.74) is 0. The Morgan fingerprint density at radius 2 is 0.470 bits per heavy atom. The van der Waals surface area contributed by atoms with E-state index >= 15 is 0 Å². The SMILES string of the molecule is CC/C=C\C/C=C\C/C=C\C/C=C\C/C=C\C/C=C\C/C=C\CCCCCCCCCCCCCC(=O)OCC(COC(=O)CCCCC/C=C\C/C=C\C/C=C\CC)OC(=O)CCCCCCCCCCCCCCCCCCCCC. The minimum Gasteiger partial charge on any atom is -0.462 e. The summed E-state index contributed by atoms with van der Waals surface area (Å²) in [7, 11) is 0. The van der Waals surface area contributed by atoms with E-state index in [9.17, 15) is 14.4 Å². The largest absolute Gasteiger partial charge is 0.462 e. The lowest BCUT2D eigenvalue weighted by Crippen LogP contribution is -2.30. The minimum atomic E-state index is -0.793. The van der Waals surface area contributed by atoms with Gasteiger partial charge in [-0.05, 0) is 109 Å². The Labute approximate surface area is 513 Å². The molecule has 0 N–H and O–H groups in total. The molecule has 0 saturated heterocycles. The predicted molar refractivity (Wildman–Crippen MR) is 362 cm³/mol. The van der Waals surface area contributed by atoms with E-state index in [0.29, 0.717) is 19.3 Å². The third kappa shape index (κ3) is 68.5. The third-order valence-corrected chi connectivity index (χ3v) is 15.0. The summed E-state index contributed by atoms with van der Waals surface area (Å²) in [6.45, 7) is 6.42. The van der Waals surface area contributed by atoms with Crippen LogP contribution < -0.4 is 0 Å². The molecule has 1 atom stereocenters. The number of unbranched alkanes of at least 4 members (excludes halogenated alkanes) is 32. The van der Waals surface area contributed by atoms with Crippen LogP contribution in [0.4, 0.5) is 0 Å². The molecule has 0 saturated carbocycles. The molecule has 0 aromatic heterocycles. The van der Waals surface area contributed by atoms with Crippen LogP contribution in [0.3, 0.4) is 0 Å². The van der Waals surface area contributed by atoms with Crippen molar-refractivity contribution in [2.75, 3.05) is 13.2 Å². The van der Waals surface area contributed by atoms with Crippen molar-refractivity contribution in [3.63, 3.8) is 0 Å². The molecule has 0 bridgehead atoms. The Balaban J connectivity index is 4.25. The van der Waals surface area contributed by atoms with Gasteiger partial charge in [0.05, 0.1) is 0 Å². The molecule has 0 radical (unpaired) electrons. The lowest BCUT2D eigenvalue weighted by molar-refractivity contribution is -0.167. The van der Waals surface area contributed by atoms with Crippen molar-refractivity contribution < 1.29 is 28.6 Å². The van der Waals surface area contributed by atoms with Crippen molar-refractivity contribution in [3.05, 3.63) is 122 Å². The van der Waals surface area contributed by atoms with Gasteiger partial charge in [0.1, 0.15) is 13.2 Å². The van der Waals surface area contributed by atoms with E-state index < -0.39 is 6.10 Å². The second kappa shape index (κ2) is 70.3. The van der Waals surface area contributed by atoms with Crippen molar-refractivity contribution in [1.29, 1.82) is 0 Å². The molecular formula is C77H130O6. The van der Waals surface area contributed by atoms with Crippen molar-refractivity contribution in [2.45, 2.75) is 335 Å². The van der Waals surface area contributed by atoms with Gasteiger partial charge in [-0.2, -0.15) is 0 Å². The molecule has 0 aromatic rings. The number of ether oxygens (including phenoxy) is 3. The van der Waals surface area contributed by atoms with Crippen LogP contribution in [0.5, 0.6) is 0 Å². The lowest BCUT2D eigenvalue weighted by atomic mass is 10.0. The molecule has 474 valence electrons. The first-order valence-corrected chi connectivity index (χ1v) is 35.0. The summed E-state index contributed by atoms with van der Waals surface area (Å²) in [6, 6.07) is 0. The van der Waals surface area contributed by atoms with E-state index in [0.717, 1.165) is 128 Å². The highest BCUT2D eigenvalue weighted by molar-refractivity contribution is 5.71. The van der Waals surface area contributed by atoms with Crippen LogP contribution in [0.15, 0.2) is 122 Å². The highest BCUT2D eigenvalue weighted by atomic mass is 16.6. The summed E-state index contributed by atoms with van der Waals surface area (Å²) in [5.74, 6) is -0.908. The highest BCUT2D eigenvalue weighted by Crippen LogP contribution is 2.17. The monoisotopic (exact) mass is 1150 g/mol. The molecule has 1 unspecified atom stereocenters. The number of esters is 3. The molecule has 0 aliphatic carbocycles. The van der Waals surface area contributed by atoms with E-state index in [4.69, 9.17) is 14.2 Å². The number of hydrogen-bond acceptors (Lipinski definition) is 6. The van der Waals surface area contributed by atoms with Gasteiger partial charge in [0.2, 0.25) is 0 Å². The Bertz CT molecular complexity index is 1700. The maximum absolute atomic E-state index is 12.9. The lowest BCUT2D eigenvalue weighted by Gasteiger charge is -2.18. The van der Waals surface area contributed by atoms with Gasteiger partial charge in [0, 0.05) is 19.3 Å². The second-order valence-electron chi connectivity index (χ2n) is 23.0.